The van der Waals surface area contributed by atoms with Crippen molar-refractivity contribution in [2.24, 2.45) is 7.05 Å². The molecule has 0 aliphatic carbocycles. The lowest BCUT2D eigenvalue weighted by molar-refractivity contribution is -0.137. The molecule has 0 aliphatic rings. The van der Waals surface area contributed by atoms with E-state index in [2.05, 4.69) is 10.6 Å². The second kappa shape index (κ2) is 9.02. The Balaban J connectivity index is 1.85. The van der Waals surface area contributed by atoms with Crippen molar-refractivity contribution in [2.75, 3.05) is 5.32 Å². The van der Waals surface area contributed by atoms with Gasteiger partial charge in [-0.2, -0.15) is 0 Å². The first-order valence-electron chi connectivity index (χ1n) is 8.78. The standard InChI is InChI=1S/C20H18ClN3O5S/c1-24-8-7-14(25)18(19(24)28)23-20(29)22-13(10-17(26)27)11-3-2-4-12(9-11)15-5-6-16(21)30-15/h2-9,13,25H,10H2,1H3,(H,26,27)(H2,22,23,29). The van der Waals surface area contributed by atoms with Gasteiger partial charge in [-0.1, -0.05) is 29.8 Å². The Kier molecular flexibility index (Phi) is 6.43. The van der Waals surface area contributed by atoms with Crippen molar-refractivity contribution >= 4 is 40.6 Å². The number of anilines is 1. The number of hydrogen-bond donors (Lipinski definition) is 4. The molecule has 3 rings (SSSR count). The van der Waals surface area contributed by atoms with Crippen LogP contribution >= 0.6 is 22.9 Å². The highest BCUT2D eigenvalue weighted by atomic mass is 35.5. The number of benzene rings is 1. The summed E-state index contributed by atoms with van der Waals surface area (Å²) in [7, 11) is 1.47. The van der Waals surface area contributed by atoms with Gasteiger partial charge < -0.3 is 25.4 Å². The van der Waals surface area contributed by atoms with Gasteiger partial charge in [0.05, 0.1) is 16.8 Å². The van der Waals surface area contributed by atoms with E-state index in [0.29, 0.717) is 9.90 Å². The van der Waals surface area contributed by atoms with Crippen LogP contribution in [0.3, 0.4) is 0 Å². The molecule has 1 unspecified atom stereocenters. The zero-order valence-electron chi connectivity index (χ0n) is 15.8. The molecule has 10 heteroatoms. The monoisotopic (exact) mass is 447 g/mol. The zero-order valence-corrected chi connectivity index (χ0v) is 17.3. The summed E-state index contributed by atoms with van der Waals surface area (Å²) in [6.07, 6.45) is 0.983. The van der Waals surface area contributed by atoms with E-state index < -0.39 is 23.6 Å². The quantitative estimate of drug-likeness (QED) is 0.458. The van der Waals surface area contributed by atoms with Crippen LogP contribution in [0.5, 0.6) is 5.75 Å². The highest BCUT2D eigenvalue weighted by Gasteiger charge is 2.20. The van der Waals surface area contributed by atoms with Crippen molar-refractivity contribution in [1.29, 1.82) is 0 Å². The summed E-state index contributed by atoms with van der Waals surface area (Å²) in [6, 6.07) is 10.3. The molecule has 2 aromatic heterocycles. The third kappa shape index (κ3) is 5.00. The summed E-state index contributed by atoms with van der Waals surface area (Å²) in [5.41, 5.74) is 0.501. The van der Waals surface area contributed by atoms with Gasteiger partial charge in [0.15, 0.2) is 5.69 Å². The minimum atomic E-state index is -1.11. The number of halogens is 1. The zero-order chi connectivity index (χ0) is 21.8. The van der Waals surface area contributed by atoms with E-state index in [1.807, 2.05) is 12.1 Å². The van der Waals surface area contributed by atoms with E-state index in [9.17, 15) is 24.6 Å². The predicted molar refractivity (Wildman–Crippen MR) is 115 cm³/mol. The molecular formula is C20H18ClN3O5S. The molecule has 2 heterocycles. The number of carbonyl (C=O) groups is 2. The molecule has 4 N–H and O–H groups in total. The molecule has 3 aromatic rings. The molecular weight excluding hydrogens is 430 g/mol. The summed E-state index contributed by atoms with van der Waals surface area (Å²) in [5, 5.41) is 24.0. The number of aryl methyl sites for hydroxylation is 1. The van der Waals surface area contributed by atoms with Crippen LogP contribution in [0.25, 0.3) is 10.4 Å². The van der Waals surface area contributed by atoms with E-state index in [4.69, 9.17) is 11.6 Å². The van der Waals surface area contributed by atoms with Crippen LogP contribution in [0.4, 0.5) is 10.5 Å². The summed E-state index contributed by atoms with van der Waals surface area (Å²) < 4.78 is 1.82. The van der Waals surface area contributed by atoms with Crippen molar-refractivity contribution in [3.05, 3.63) is 68.9 Å². The van der Waals surface area contributed by atoms with Gasteiger partial charge in [-0.3, -0.25) is 9.59 Å². The van der Waals surface area contributed by atoms with Gasteiger partial charge in [0.1, 0.15) is 5.75 Å². The van der Waals surface area contributed by atoms with E-state index in [-0.39, 0.29) is 17.9 Å². The SMILES string of the molecule is Cn1ccc(O)c(NC(=O)NC(CC(=O)O)c2cccc(-c3ccc(Cl)s3)c2)c1=O. The van der Waals surface area contributed by atoms with Crippen molar-refractivity contribution < 1.29 is 19.8 Å². The fraction of sp³-hybridized carbons (Fsp3) is 0.150. The number of pyridine rings is 1. The molecule has 156 valence electrons. The van der Waals surface area contributed by atoms with Gasteiger partial charge in [0.25, 0.3) is 5.56 Å². The molecule has 0 spiro atoms. The van der Waals surface area contributed by atoms with E-state index in [1.54, 1.807) is 24.3 Å². The smallest absolute Gasteiger partial charge is 0.319 e. The average molecular weight is 448 g/mol. The lowest BCUT2D eigenvalue weighted by Gasteiger charge is -2.19. The number of thiophene rings is 1. The third-order valence-corrected chi connectivity index (χ3v) is 5.60. The third-order valence-electron chi connectivity index (χ3n) is 4.32. The number of hydrogen-bond acceptors (Lipinski definition) is 5. The van der Waals surface area contributed by atoms with Gasteiger partial charge in [-0.05, 0) is 35.4 Å². The molecule has 30 heavy (non-hydrogen) atoms. The number of rotatable bonds is 6. The number of carboxylic acid groups (broad SMARTS) is 1. The normalized spacial score (nSPS) is 11.7. The second-order valence-electron chi connectivity index (χ2n) is 6.47. The molecule has 0 aliphatic heterocycles. The Morgan fingerprint density at radius 1 is 1.23 bits per heavy atom. The molecule has 0 fully saturated rings. The molecule has 8 nitrogen and oxygen atoms in total. The number of nitrogens with one attached hydrogen (secondary N) is 2. The fourth-order valence-electron chi connectivity index (χ4n) is 2.85. The number of carboxylic acids is 1. The van der Waals surface area contributed by atoms with Crippen LogP contribution < -0.4 is 16.2 Å². The van der Waals surface area contributed by atoms with Crippen molar-refractivity contribution in [3.8, 4) is 16.2 Å². The van der Waals surface area contributed by atoms with Crippen LogP contribution in [0, 0.1) is 0 Å². The van der Waals surface area contributed by atoms with Crippen LogP contribution in [0.1, 0.15) is 18.0 Å². The van der Waals surface area contributed by atoms with E-state index >= 15 is 0 Å². The highest BCUT2D eigenvalue weighted by Crippen LogP contribution is 2.32. The maximum absolute atomic E-state index is 12.5. The van der Waals surface area contributed by atoms with Gasteiger partial charge in [0.2, 0.25) is 0 Å². The minimum absolute atomic E-state index is 0.298. The Morgan fingerprint density at radius 2 is 2.00 bits per heavy atom. The van der Waals surface area contributed by atoms with Crippen LogP contribution in [0.15, 0.2) is 53.5 Å². The first-order valence-corrected chi connectivity index (χ1v) is 9.97. The summed E-state index contributed by atoms with van der Waals surface area (Å²) >= 11 is 7.37. The number of aromatic hydroxyl groups is 1. The van der Waals surface area contributed by atoms with Crippen molar-refractivity contribution in [1.82, 2.24) is 9.88 Å². The largest absolute Gasteiger partial charge is 0.505 e. The number of aromatic nitrogens is 1. The van der Waals surface area contributed by atoms with Crippen LogP contribution in [0.2, 0.25) is 4.34 Å². The molecule has 0 saturated heterocycles. The number of carbonyl (C=O) groups excluding carboxylic acids is 1. The topological polar surface area (TPSA) is 121 Å². The van der Waals surface area contributed by atoms with Crippen molar-refractivity contribution in [3.63, 3.8) is 0 Å². The fourth-order valence-corrected chi connectivity index (χ4v) is 3.89. The summed E-state index contributed by atoms with van der Waals surface area (Å²) in [4.78, 5) is 36.8. The van der Waals surface area contributed by atoms with Gasteiger partial charge in [0, 0.05) is 18.1 Å². The van der Waals surface area contributed by atoms with Crippen LogP contribution in [-0.2, 0) is 11.8 Å². The molecule has 0 saturated carbocycles. The van der Waals surface area contributed by atoms with Gasteiger partial charge in [-0.15, -0.1) is 11.3 Å². The van der Waals surface area contributed by atoms with Crippen LogP contribution in [-0.4, -0.2) is 26.8 Å². The summed E-state index contributed by atoms with van der Waals surface area (Å²) in [6.45, 7) is 0. The number of nitrogens with zero attached hydrogens (tertiary/aromatic N) is 1. The maximum Gasteiger partial charge on any atom is 0.319 e. The molecule has 0 bridgehead atoms. The Labute approximate surface area is 180 Å². The molecule has 1 atom stereocenters. The second-order valence-corrected chi connectivity index (χ2v) is 8.19. The number of aliphatic carboxylic acids is 1. The Bertz CT molecular complexity index is 1160. The van der Waals surface area contributed by atoms with Gasteiger partial charge in [-0.25, -0.2) is 4.79 Å². The van der Waals surface area contributed by atoms with E-state index in [1.165, 1.54) is 35.2 Å². The van der Waals surface area contributed by atoms with Gasteiger partial charge >= 0.3 is 12.0 Å². The Hall–Kier alpha value is -3.30. The average Bonchev–Trinajstić information content (AvgIpc) is 3.14. The number of amides is 2. The minimum Gasteiger partial charge on any atom is -0.505 e. The number of urea groups is 1. The Morgan fingerprint density at radius 3 is 2.67 bits per heavy atom. The van der Waals surface area contributed by atoms with E-state index in [0.717, 1.165) is 10.4 Å². The molecule has 1 aromatic carbocycles. The summed E-state index contributed by atoms with van der Waals surface area (Å²) in [5.74, 6) is -1.50. The first kappa shape index (κ1) is 21.4. The van der Waals surface area contributed by atoms with Crippen molar-refractivity contribution in [2.45, 2.75) is 12.5 Å². The molecule has 0 radical (unpaired) electrons. The maximum atomic E-state index is 12.5. The highest BCUT2D eigenvalue weighted by molar-refractivity contribution is 7.19. The lowest BCUT2D eigenvalue weighted by atomic mass is 10.0. The predicted octanol–water partition coefficient (Wildman–Crippen LogP) is 3.81. The first-order chi connectivity index (χ1) is 14.2. The molecule has 2 amide bonds. The lowest BCUT2D eigenvalue weighted by Crippen LogP contribution is -2.35.